The number of amides is 1. The Hall–Kier alpha value is -2.17. The maximum absolute atomic E-state index is 14.1. The topological polar surface area (TPSA) is 76.2 Å². The lowest BCUT2D eigenvalue weighted by molar-refractivity contribution is 0.0693. The van der Waals surface area contributed by atoms with Crippen molar-refractivity contribution in [1.82, 2.24) is 9.21 Å². The van der Waals surface area contributed by atoms with Gasteiger partial charge in [0.1, 0.15) is 19.0 Å². The van der Waals surface area contributed by atoms with Crippen molar-refractivity contribution in [3.8, 4) is 11.5 Å². The Morgan fingerprint density at radius 3 is 2.34 bits per heavy atom. The largest absolute Gasteiger partial charge is 0.486 e. The highest BCUT2D eigenvalue weighted by Crippen LogP contribution is 2.33. The highest BCUT2D eigenvalue weighted by atomic mass is 79.9. The first-order valence-corrected chi connectivity index (χ1v) is 11.2. The van der Waals surface area contributed by atoms with Gasteiger partial charge in [0.2, 0.25) is 10.0 Å². The molecule has 0 bridgehead atoms. The average molecular weight is 485 g/mol. The van der Waals surface area contributed by atoms with Crippen LogP contribution in [0.15, 0.2) is 45.8 Å². The molecule has 10 heteroatoms. The summed E-state index contributed by atoms with van der Waals surface area (Å²) < 4.78 is 52.8. The Morgan fingerprint density at radius 1 is 0.966 bits per heavy atom. The number of ether oxygens (including phenoxy) is 2. The van der Waals surface area contributed by atoms with Crippen LogP contribution in [0.2, 0.25) is 0 Å². The molecule has 154 valence electrons. The summed E-state index contributed by atoms with van der Waals surface area (Å²) >= 11 is 3.16. The van der Waals surface area contributed by atoms with Crippen LogP contribution < -0.4 is 9.47 Å². The molecule has 2 aliphatic heterocycles. The quantitative estimate of drug-likeness (QED) is 0.668. The maximum atomic E-state index is 14.1. The maximum Gasteiger partial charge on any atom is 0.256 e. The van der Waals surface area contributed by atoms with Crippen LogP contribution in [0.1, 0.15) is 10.4 Å². The van der Waals surface area contributed by atoms with Gasteiger partial charge in [-0.1, -0.05) is 15.9 Å². The van der Waals surface area contributed by atoms with Crippen molar-refractivity contribution >= 4 is 31.9 Å². The summed E-state index contributed by atoms with van der Waals surface area (Å²) in [5.74, 6) is -0.152. The molecular weight excluding hydrogens is 467 g/mol. The third kappa shape index (κ3) is 3.96. The molecule has 0 N–H and O–H groups in total. The van der Waals surface area contributed by atoms with Crippen LogP contribution in [0.25, 0.3) is 0 Å². The van der Waals surface area contributed by atoms with Crippen LogP contribution >= 0.6 is 15.9 Å². The van der Waals surface area contributed by atoms with E-state index in [4.69, 9.17) is 9.47 Å². The molecule has 0 unspecified atom stereocenters. The molecule has 0 saturated carbocycles. The lowest BCUT2D eigenvalue weighted by atomic mass is 10.1. The number of rotatable bonds is 3. The van der Waals surface area contributed by atoms with Crippen LogP contribution in [0.5, 0.6) is 11.5 Å². The highest BCUT2D eigenvalue weighted by molar-refractivity contribution is 9.10. The number of hydrogen-bond acceptors (Lipinski definition) is 5. The molecule has 1 amide bonds. The van der Waals surface area contributed by atoms with E-state index in [1.54, 1.807) is 12.1 Å². The molecule has 2 aromatic rings. The van der Waals surface area contributed by atoms with Crippen molar-refractivity contribution in [2.75, 3.05) is 39.4 Å². The van der Waals surface area contributed by atoms with Gasteiger partial charge in [0.25, 0.3) is 5.91 Å². The molecule has 2 aliphatic rings. The number of sulfonamides is 1. The van der Waals surface area contributed by atoms with Gasteiger partial charge in [-0.05, 0) is 30.3 Å². The van der Waals surface area contributed by atoms with Gasteiger partial charge in [-0.25, -0.2) is 12.8 Å². The Labute approximate surface area is 176 Å². The first-order valence-electron chi connectivity index (χ1n) is 9.00. The molecule has 1 saturated heterocycles. The molecule has 0 aromatic heterocycles. The molecule has 2 heterocycles. The minimum Gasteiger partial charge on any atom is -0.486 e. The number of benzene rings is 2. The summed E-state index contributed by atoms with van der Waals surface area (Å²) in [6, 6.07) is 8.77. The predicted molar refractivity (Wildman–Crippen MR) is 106 cm³/mol. The molecule has 0 spiro atoms. The minimum atomic E-state index is -3.74. The number of carbonyl (C=O) groups excluding carboxylic acids is 1. The van der Waals surface area contributed by atoms with Crippen LogP contribution in [0.3, 0.4) is 0 Å². The second-order valence-electron chi connectivity index (χ2n) is 6.63. The predicted octanol–water partition coefficient (Wildman–Crippen LogP) is 2.51. The molecule has 4 rings (SSSR count). The van der Waals surface area contributed by atoms with Crippen molar-refractivity contribution in [1.29, 1.82) is 0 Å². The van der Waals surface area contributed by atoms with Crippen LogP contribution in [0.4, 0.5) is 4.39 Å². The van der Waals surface area contributed by atoms with Crippen molar-refractivity contribution in [2.45, 2.75) is 4.90 Å². The molecule has 0 atom stereocenters. The normalized spacial score (nSPS) is 17.2. The van der Waals surface area contributed by atoms with Crippen LogP contribution in [-0.4, -0.2) is 62.9 Å². The van der Waals surface area contributed by atoms with Gasteiger partial charge < -0.3 is 14.4 Å². The highest BCUT2D eigenvalue weighted by Gasteiger charge is 2.32. The van der Waals surface area contributed by atoms with E-state index in [-0.39, 0.29) is 36.6 Å². The summed E-state index contributed by atoms with van der Waals surface area (Å²) in [7, 11) is -3.74. The van der Waals surface area contributed by atoms with Crippen molar-refractivity contribution in [2.24, 2.45) is 0 Å². The SMILES string of the molecule is O=C(c1ccc(Br)cc1F)N1CCN(S(=O)(=O)c2ccc3c(c2)OCCO3)CC1. The molecule has 7 nitrogen and oxygen atoms in total. The summed E-state index contributed by atoms with van der Waals surface area (Å²) in [6.07, 6.45) is 0. The lowest BCUT2D eigenvalue weighted by Crippen LogP contribution is -2.50. The monoisotopic (exact) mass is 484 g/mol. The van der Waals surface area contributed by atoms with E-state index in [2.05, 4.69) is 15.9 Å². The molecule has 0 radical (unpaired) electrons. The summed E-state index contributed by atoms with van der Waals surface area (Å²) in [5.41, 5.74) is -0.0312. The zero-order valence-electron chi connectivity index (χ0n) is 15.3. The third-order valence-corrected chi connectivity index (χ3v) is 7.23. The average Bonchev–Trinajstić information content (AvgIpc) is 2.73. The van der Waals surface area contributed by atoms with Gasteiger partial charge >= 0.3 is 0 Å². The second-order valence-corrected chi connectivity index (χ2v) is 9.48. The van der Waals surface area contributed by atoms with Gasteiger partial charge in [-0.15, -0.1) is 0 Å². The number of carbonyl (C=O) groups is 1. The Balaban J connectivity index is 1.47. The molecule has 1 fully saturated rings. The summed E-state index contributed by atoms with van der Waals surface area (Å²) in [4.78, 5) is 14.2. The fourth-order valence-corrected chi connectivity index (χ4v) is 5.07. The fourth-order valence-electron chi connectivity index (χ4n) is 3.30. The Morgan fingerprint density at radius 2 is 1.66 bits per heavy atom. The zero-order chi connectivity index (χ0) is 20.6. The number of nitrogens with zero attached hydrogens (tertiary/aromatic N) is 2. The molecule has 29 heavy (non-hydrogen) atoms. The first-order chi connectivity index (χ1) is 13.9. The Bertz CT molecular complexity index is 1050. The zero-order valence-corrected chi connectivity index (χ0v) is 17.7. The fraction of sp³-hybridized carbons (Fsp3) is 0.316. The Kier molecular flexibility index (Phi) is 5.50. The van der Waals surface area contributed by atoms with Crippen LogP contribution in [0, 0.1) is 5.82 Å². The van der Waals surface area contributed by atoms with E-state index < -0.39 is 21.7 Å². The number of hydrogen-bond donors (Lipinski definition) is 0. The van der Waals surface area contributed by atoms with E-state index in [0.717, 1.165) is 0 Å². The first kappa shape index (κ1) is 20.1. The van der Waals surface area contributed by atoms with Gasteiger partial charge in [-0.3, -0.25) is 4.79 Å². The second kappa shape index (κ2) is 7.92. The number of fused-ring (bicyclic) bond motifs is 1. The van der Waals surface area contributed by atoms with Crippen molar-refractivity contribution < 1.29 is 27.1 Å². The van der Waals surface area contributed by atoms with Gasteiger partial charge in [0.05, 0.1) is 10.5 Å². The van der Waals surface area contributed by atoms with Crippen molar-refractivity contribution in [3.63, 3.8) is 0 Å². The van der Waals surface area contributed by atoms with Crippen molar-refractivity contribution in [3.05, 3.63) is 52.3 Å². The number of piperazine rings is 1. The summed E-state index contributed by atoms with van der Waals surface area (Å²) in [6.45, 7) is 1.40. The molecular formula is C19H18BrFN2O5S. The lowest BCUT2D eigenvalue weighted by Gasteiger charge is -2.34. The number of halogens is 2. The molecule has 2 aromatic carbocycles. The smallest absolute Gasteiger partial charge is 0.256 e. The van der Waals surface area contributed by atoms with E-state index in [1.807, 2.05) is 0 Å². The van der Waals surface area contributed by atoms with E-state index in [1.165, 1.54) is 33.5 Å². The molecule has 0 aliphatic carbocycles. The standard InChI is InChI=1S/C19H18BrFN2O5S/c20-13-1-3-15(16(21)11-13)19(24)22-5-7-23(8-6-22)29(25,26)14-2-4-17-18(12-14)28-10-9-27-17/h1-4,11-12H,5-10H2. The third-order valence-electron chi connectivity index (χ3n) is 4.84. The summed E-state index contributed by atoms with van der Waals surface area (Å²) in [5, 5.41) is 0. The van der Waals surface area contributed by atoms with Gasteiger partial charge in [-0.2, -0.15) is 4.31 Å². The van der Waals surface area contributed by atoms with Gasteiger partial charge in [0, 0.05) is 36.7 Å². The minimum absolute atomic E-state index is 0.0312. The van der Waals surface area contributed by atoms with E-state index in [9.17, 15) is 17.6 Å². The van der Waals surface area contributed by atoms with E-state index >= 15 is 0 Å². The van der Waals surface area contributed by atoms with E-state index in [0.29, 0.717) is 29.2 Å². The van der Waals surface area contributed by atoms with Gasteiger partial charge in [0.15, 0.2) is 11.5 Å². The van der Waals surface area contributed by atoms with Crippen LogP contribution in [-0.2, 0) is 10.0 Å².